The number of nitro groups is 4. The van der Waals surface area contributed by atoms with Crippen LogP contribution in [0.3, 0.4) is 0 Å². The van der Waals surface area contributed by atoms with Gasteiger partial charge in [-0.05, 0) is 0 Å². The molecule has 130 valence electrons. The molecule has 0 saturated carbocycles. The Morgan fingerprint density at radius 1 is 0.750 bits per heavy atom. The van der Waals surface area contributed by atoms with Crippen molar-refractivity contribution in [2.24, 2.45) is 0 Å². The van der Waals surface area contributed by atoms with E-state index in [1.165, 1.54) is 0 Å². The van der Waals surface area contributed by atoms with Gasteiger partial charge in [-0.2, -0.15) is 0 Å². The van der Waals surface area contributed by atoms with Crippen molar-refractivity contribution in [3.8, 4) is 0 Å². The van der Waals surface area contributed by atoms with Gasteiger partial charge in [0.25, 0.3) is 5.69 Å². The molecule has 0 unspecified atom stereocenters. The first-order valence-corrected chi connectivity index (χ1v) is 6.00. The number of rotatable bonds is 7. The molecule has 2 N–H and O–H groups in total. The molecule has 1 aromatic rings. The summed E-state index contributed by atoms with van der Waals surface area (Å²) in [6.45, 7) is 0. The molecule has 0 aliphatic heterocycles. The van der Waals surface area contributed by atoms with E-state index < -0.39 is 53.9 Å². The molecule has 0 radical (unpaired) electrons. The molecule has 1 rings (SSSR count). The summed E-state index contributed by atoms with van der Waals surface area (Å²) in [5.74, 6) is 0. The van der Waals surface area contributed by atoms with Crippen molar-refractivity contribution in [2.75, 3.05) is 36.8 Å². The highest BCUT2D eigenvalue weighted by Gasteiger charge is 2.46. The van der Waals surface area contributed by atoms with E-state index in [1.54, 1.807) is 0 Å². The first-order valence-electron chi connectivity index (χ1n) is 6.00. The molecule has 0 bridgehead atoms. The molecule has 0 aliphatic carbocycles. The van der Waals surface area contributed by atoms with E-state index in [0.717, 1.165) is 21.1 Å². The van der Waals surface area contributed by atoms with Crippen LogP contribution in [-0.4, -0.2) is 40.9 Å². The van der Waals surface area contributed by atoms with Crippen molar-refractivity contribution in [3.05, 3.63) is 40.5 Å². The van der Waals surface area contributed by atoms with Gasteiger partial charge >= 0.3 is 17.1 Å². The van der Waals surface area contributed by atoms with Crippen LogP contribution in [0.2, 0.25) is 0 Å². The highest BCUT2D eigenvalue weighted by molar-refractivity contribution is 5.99. The minimum Gasteiger partial charge on any atom is -0.377 e. The zero-order valence-corrected chi connectivity index (χ0v) is 12.5. The van der Waals surface area contributed by atoms with E-state index >= 15 is 0 Å². The Bertz CT molecular complexity index is 705. The highest BCUT2D eigenvalue weighted by Crippen LogP contribution is 2.53. The second kappa shape index (κ2) is 6.55. The van der Waals surface area contributed by atoms with E-state index in [1.807, 2.05) is 0 Å². The minimum atomic E-state index is -1.17. The van der Waals surface area contributed by atoms with Crippen LogP contribution in [0.5, 0.6) is 0 Å². The SMILES string of the molecule is CNc1c([N+](=O)[O-])c(NC)c([N+](=O)[O-])c(N(C)[N+](=O)[O-])c1[N+](=O)[O-]. The van der Waals surface area contributed by atoms with Crippen molar-refractivity contribution in [3.63, 3.8) is 0 Å². The summed E-state index contributed by atoms with van der Waals surface area (Å²) < 4.78 is 0. The zero-order chi connectivity index (χ0) is 18.8. The van der Waals surface area contributed by atoms with Crippen LogP contribution in [0, 0.1) is 40.5 Å². The fourth-order valence-electron chi connectivity index (χ4n) is 2.10. The molecule has 15 heteroatoms. The van der Waals surface area contributed by atoms with E-state index in [4.69, 9.17) is 0 Å². The smallest absolute Gasteiger partial charge is 0.335 e. The molecule has 0 aliphatic rings. The number of benzene rings is 1. The molecule has 0 fully saturated rings. The lowest BCUT2D eigenvalue weighted by Crippen LogP contribution is -2.27. The summed E-state index contributed by atoms with van der Waals surface area (Å²) in [6, 6.07) is 0. The molecule has 15 nitrogen and oxygen atoms in total. The molecule has 24 heavy (non-hydrogen) atoms. The summed E-state index contributed by atoms with van der Waals surface area (Å²) in [7, 11) is 2.97. The Labute approximate surface area is 132 Å². The van der Waals surface area contributed by atoms with Gasteiger partial charge in [0.2, 0.25) is 0 Å². The van der Waals surface area contributed by atoms with Crippen molar-refractivity contribution in [2.45, 2.75) is 0 Å². The second-order valence-corrected chi connectivity index (χ2v) is 4.18. The standard InChI is InChI=1S/C9H11N7O8/c1-10-4-6(13(17)18)5(11-2)8(15(21)22)9(7(4)14(19)20)12(3)16(23)24/h10-11H,1-3H3. The van der Waals surface area contributed by atoms with Gasteiger partial charge < -0.3 is 10.6 Å². The lowest BCUT2D eigenvalue weighted by Gasteiger charge is -2.15. The molecule has 1 aromatic carbocycles. The van der Waals surface area contributed by atoms with E-state index in [0.29, 0.717) is 0 Å². The van der Waals surface area contributed by atoms with Crippen molar-refractivity contribution < 1.29 is 19.8 Å². The van der Waals surface area contributed by atoms with Crippen LogP contribution in [0.1, 0.15) is 0 Å². The van der Waals surface area contributed by atoms with E-state index in [2.05, 4.69) is 10.6 Å². The Kier molecular flexibility index (Phi) is 4.98. The Balaban J connectivity index is 4.26. The first-order chi connectivity index (χ1) is 11.1. The summed E-state index contributed by atoms with van der Waals surface area (Å²) in [6.07, 6.45) is 0. The topological polar surface area (TPSA) is 200 Å². The number of hydrazine groups is 1. The molecular weight excluding hydrogens is 334 g/mol. The van der Waals surface area contributed by atoms with E-state index in [-0.39, 0.29) is 5.01 Å². The highest BCUT2D eigenvalue weighted by atomic mass is 16.7. The molecule has 0 spiro atoms. The number of nitrogens with zero attached hydrogens (tertiary/aromatic N) is 5. The Hall–Kier alpha value is -3.78. The fourth-order valence-corrected chi connectivity index (χ4v) is 2.10. The molecule has 0 heterocycles. The maximum Gasteiger partial charge on any atom is 0.335 e. The van der Waals surface area contributed by atoms with Gasteiger partial charge in [0.15, 0.2) is 16.4 Å². The van der Waals surface area contributed by atoms with Crippen LogP contribution in [-0.2, 0) is 0 Å². The second-order valence-electron chi connectivity index (χ2n) is 4.18. The third kappa shape index (κ3) is 2.76. The van der Waals surface area contributed by atoms with Crippen molar-refractivity contribution >= 4 is 34.1 Å². The summed E-state index contributed by atoms with van der Waals surface area (Å²) in [5.41, 5.74) is -5.70. The van der Waals surface area contributed by atoms with Gasteiger partial charge in [-0.1, -0.05) is 5.01 Å². The minimum absolute atomic E-state index is 0.0572. The van der Waals surface area contributed by atoms with Gasteiger partial charge in [-0.3, -0.25) is 30.3 Å². The predicted molar refractivity (Wildman–Crippen MR) is 80.9 cm³/mol. The maximum absolute atomic E-state index is 11.3. The number of hydrogen-bond acceptors (Lipinski definition) is 10. The Morgan fingerprint density at radius 2 is 1.08 bits per heavy atom. The monoisotopic (exact) mass is 345 g/mol. The quantitative estimate of drug-likeness (QED) is 0.529. The third-order valence-electron chi connectivity index (χ3n) is 3.01. The summed E-state index contributed by atoms with van der Waals surface area (Å²) in [4.78, 5) is 41.5. The number of hydrogen-bond donors (Lipinski definition) is 2. The van der Waals surface area contributed by atoms with Crippen molar-refractivity contribution in [1.82, 2.24) is 0 Å². The molecule has 0 aromatic heterocycles. The molecule has 0 atom stereocenters. The van der Waals surface area contributed by atoms with Crippen LogP contribution in [0.15, 0.2) is 0 Å². The largest absolute Gasteiger partial charge is 0.377 e. The summed E-state index contributed by atoms with van der Waals surface area (Å²) in [5, 5.41) is 48.2. The number of nitro benzene ring substituents is 3. The van der Waals surface area contributed by atoms with Crippen LogP contribution in [0.4, 0.5) is 34.1 Å². The van der Waals surface area contributed by atoms with Crippen LogP contribution in [0.25, 0.3) is 0 Å². The first kappa shape index (κ1) is 18.3. The number of nitrogens with one attached hydrogen (secondary N) is 2. The molecule has 0 amide bonds. The maximum atomic E-state index is 11.3. The average Bonchev–Trinajstić information content (AvgIpc) is 2.49. The third-order valence-corrected chi connectivity index (χ3v) is 3.01. The van der Waals surface area contributed by atoms with Crippen LogP contribution < -0.4 is 15.6 Å². The van der Waals surface area contributed by atoms with Gasteiger partial charge in [0, 0.05) is 14.1 Å². The molecular formula is C9H11N7O8. The van der Waals surface area contributed by atoms with Crippen LogP contribution >= 0.6 is 0 Å². The van der Waals surface area contributed by atoms with Gasteiger partial charge in [-0.15, -0.1) is 0 Å². The Morgan fingerprint density at radius 3 is 1.29 bits per heavy atom. The van der Waals surface area contributed by atoms with E-state index in [9.17, 15) is 40.5 Å². The van der Waals surface area contributed by atoms with Gasteiger partial charge in [-0.25, -0.2) is 10.1 Å². The normalized spacial score (nSPS) is 9.96. The lowest BCUT2D eigenvalue weighted by molar-refractivity contribution is -0.493. The number of anilines is 3. The molecule has 0 saturated heterocycles. The lowest BCUT2D eigenvalue weighted by atomic mass is 10.1. The van der Waals surface area contributed by atoms with Crippen molar-refractivity contribution in [1.29, 1.82) is 0 Å². The predicted octanol–water partition coefficient (Wildman–Crippen LogP) is 1.12. The summed E-state index contributed by atoms with van der Waals surface area (Å²) >= 11 is 0. The van der Waals surface area contributed by atoms with Gasteiger partial charge in [0.05, 0.1) is 21.8 Å². The fraction of sp³-hybridized carbons (Fsp3) is 0.333. The average molecular weight is 345 g/mol. The zero-order valence-electron chi connectivity index (χ0n) is 12.5. The van der Waals surface area contributed by atoms with Gasteiger partial charge in [0.1, 0.15) is 0 Å².